The van der Waals surface area contributed by atoms with Crippen molar-refractivity contribution in [2.75, 3.05) is 13.1 Å². The number of benzene rings is 1. The SMILES string of the molecule is O=C1CC2c3ccccc3CCN2C2=C1C(=O)NC2. The number of carbonyl (C=O) groups excluding carboxylic acids is 2. The summed E-state index contributed by atoms with van der Waals surface area (Å²) in [6.45, 7) is 1.39. The largest absolute Gasteiger partial charge is 0.365 e. The number of nitrogens with zero attached hydrogens (tertiary/aromatic N) is 1. The second-order valence-electron chi connectivity index (χ2n) is 5.29. The second kappa shape index (κ2) is 3.70. The molecule has 1 atom stereocenters. The molecule has 96 valence electrons. The third kappa shape index (κ3) is 1.40. The van der Waals surface area contributed by atoms with Crippen molar-refractivity contribution in [3.05, 3.63) is 46.7 Å². The standard InChI is InChI=1S/C15H14N2O2/c18-13-7-11-10-4-2-1-3-9(10)5-6-17(11)12-8-16-15(19)14(12)13/h1-4,11H,5-8H2,(H,16,19). The third-order valence-corrected chi connectivity index (χ3v) is 4.35. The van der Waals surface area contributed by atoms with Gasteiger partial charge in [-0.3, -0.25) is 9.59 Å². The van der Waals surface area contributed by atoms with Crippen molar-refractivity contribution in [1.82, 2.24) is 10.2 Å². The van der Waals surface area contributed by atoms with Crippen LogP contribution in [-0.4, -0.2) is 29.7 Å². The van der Waals surface area contributed by atoms with Crippen molar-refractivity contribution in [3.8, 4) is 0 Å². The van der Waals surface area contributed by atoms with Gasteiger partial charge in [0.1, 0.15) is 5.57 Å². The summed E-state index contributed by atoms with van der Waals surface area (Å²) in [5, 5.41) is 2.77. The van der Waals surface area contributed by atoms with Crippen molar-refractivity contribution in [2.24, 2.45) is 0 Å². The van der Waals surface area contributed by atoms with Crippen LogP contribution in [0.25, 0.3) is 0 Å². The number of Topliss-reactive ketones (excluding diaryl/α,β-unsaturated/α-hetero) is 1. The van der Waals surface area contributed by atoms with E-state index in [0.717, 1.165) is 18.7 Å². The molecule has 1 unspecified atom stereocenters. The maximum absolute atomic E-state index is 12.2. The fraction of sp³-hybridized carbons (Fsp3) is 0.333. The van der Waals surface area contributed by atoms with E-state index in [2.05, 4.69) is 22.3 Å². The Hall–Kier alpha value is -2.10. The molecule has 0 bridgehead atoms. The summed E-state index contributed by atoms with van der Waals surface area (Å²) in [7, 11) is 0. The highest BCUT2D eigenvalue weighted by Gasteiger charge is 2.42. The van der Waals surface area contributed by atoms with Gasteiger partial charge in [0.05, 0.1) is 12.6 Å². The van der Waals surface area contributed by atoms with Crippen molar-refractivity contribution < 1.29 is 9.59 Å². The Labute approximate surface area is 111 Å². The Kier molecular flexibility index (Phi) is 2.10. The van der Waals surface area contributed by atoms with Gasteiger partial charge in [0, 0.05) is 18.7 Å². The number of hydrogen-bond donors (Lipinski definition) is 1. The van der Waals surface area contributed by atoms with Gasteiger partial charge < -0.3 is 10.2 Å². The molecule has 0 aromatic heterocycles. The van der Waals surface area contributed by atoms with Gasteiger partial charge in [-0.05, 0) is 17.5 Å². The molecule has 4 heteroatoms. The summed E-state index contributed by atoms with van der Waals surface area (Å²) < 4.78 is 0. The van der Waals surface area contributed by atoms with Crippen LogP contribution in [0.3, 0.4) is 0 Å². The van der Waals surface area contributed by atoms with Crippen LogP contribution in [0.1, 0.15) is 23.6 Å². The Balaban J connectivity index is 1.84. The van der Waals surface area contributed by atoms with Crippen LogP contribution in [0.5, 0.6) is 0 Å². The summed E-state index contributed by atoms with van der Waals surface area (Å²) in [4.78, 5) is 26.2. The van der Waals surface area contributed by atoms with Gasteiger partial charge in [-0.15, -0.1) is 0 Å². The van der Waals surface area contributed by atoms with Crippen LogP contribution >= 0.6 is 0 Å². The van der Waals surface area contributed by atoms with Crippen molar-refractivity contribution in [2.45, 2.75) is 18.9 Å². The first kappa shape index (κ1) is 10.8. The van der Waals surface area contributed by atoms with Crippen LogP contribution in [0.4, 0.5) is 0 Å². The molecule has 1 aromatic carbocycles. The quantitative estimate of drug-likeness (QED) is 0.701. The van der Waals surface area contributed by atoms with Crippen molar-refractivity contribution >= 4 is 11.7 Å². The molecule has 0 fully saturated rings. The molecule has 19 heavy (non-hydrogen) atoms. The molecule has 0 radical (unpaired) electrons. The van der Waals surface area contributed by atoms with E-state index in [0.29, 0.717) is 18.5 Å². The average molecular weight is 254 g/mol. The second-order valence-corrected chi connectivity index (χ2v) is 5.29. The van der Waals surface area contributed by atoms with E-state index in [4.69, 9.17) is 0 Å². The maximum Gasteiger partial charge on any atom is 0.257 e. The zero-order valence-electron chi connectivity index (χ0n) is 10.5. The first-order chi connectivity index (χ1) is 9.25. The number of nitrogens with one attached hydrogen (secondary N) is 1. The predicted octanol–water partition coefficient (Wildman–Crippen LogP) is 0.942. The number of amides is 1. The van der Waals surface area contributed by atoms with Gasteiger partial charge in [0.2, 0.25) is 0 Å². The van der Waals surface area contributed by atoms with Crippen LogP contribution in [0.2, 0.25) is 0 Å². The molecule has 1 N–H and O–H groups in total. The lowest BCUT2D eigenvalue weighted by atomic mass is 9.85. The van der Waals surface area contributed by atoms with Crippen LogP contribution in [0.15, 0.2) is 35.5 Å². The van der Waals surface area contributed by atoms with E-state index in [-0.39, 0.29) is 17.7 Å². The highest BCUT2D eigenvalue weighted by atomic mass is 16.2. The summed E-state index contributed by atoms with van der Waals surface area (Å²) in [6.07, 6.45) is 1.40. The molecule has 1 aromatic rings. The van der Waals surface area contributed by atoms with Gasteiger partial charge in [0.15, 0.2) is 5.78 Å². The van der Waals surface area contributed by atoms with E-state index in [9.17, 15) is 9.59 Å². The molecule has 0 spiro atoms. The molecule has 3 aliphatic rings. The zero-order valence-corrected chi connectivity index (χ0v) is 10.5. The molecule has 4 nitrogen and oxygen atoms in total. The molecular formula is C15H14N2O2. The van der Waals surface area contributed by atoms with E-state index in [1.54, 1.807) is 0 Å². The number of hydrogen-bond acceptors (Lipinski definition) is 3. The highest BCUT2D eigenvalue weighted by Crippen LogP contribution is 2.40. The lowest BCUT2D eigenvalue weighted by Crippen LogP contribution is -2.40. The van der Waals surface area contributed by atoms with Crippen molar-refractivity contribution in [1.29, 1.82) is 0 Å². The number of fused-ring (bicyclic) bond motifs is 4. The average Bonchev–Trinajstić information content (AvgIpc) is 2.82. The fourth-order valence-electron chi connectivity index (χ4n) is 3.48. The Morgan fingerprint density at radius 3 is 2.95 bits per heavy atom. The lowest BCUT2D eigenvalue weighted by Gasteiger charge is -2.42. The topological polar surface area (TPSA) is 49.4 Å². The summed E-state index contributed by atoms with van der Waals surface area (Å²) in [5.41, 5.74) is 3.88. The van der Waals surface area contributed by atoms with Crippen LogP contribution in [0, 0.1) is 0 Å². The van der Waals surface area contributed by atoms with E-state index >= 15 is 0 Å². The maximum atomic E-state index is 12.2. The smallest absolute Gasteiger partial charge is 0.257 e. The number of carbonyl (C=O) groups is 2. The molecular weight excluding hydrogens is 240 g/mol. The first-order valence-electron chi connectivity index (χ1n) is 6.64. The fourth-order valence-corrected chi connectivity index (χ4v) is 3.48. The first-order valence-corrected chi connectivity index (χ1v) is 6.64. The summed E-state index contributed by atoms with van der Waals surface area (Å²) in [5.74, 6) is -0.208. The van der Waals surface area contributed by atoms with Gasteiger partial charge in [-0.1, -0.05) is 24.3 Å². The number of ketones is 1. The highest BCUT2D eigenvalue weighted by molar-refractivity contribution is 6.22. The summed E-state index contributed by atoms with van der Waals surface area (Å²) in [6, 6.07) is 8.43. The lowest BCUT2D eigenvalue weighted by molar-refractivity contribution is -0.123. The van der Waals surface area contributed by atoms with E-state index in [1.165, 1.54) is 11.1 Å². The molecule has 0 aliphatic carbocycles. The van der Waals surface area contributed by atoms with E-state index < -0.39 is 0 Å². The Morgan fingerprint density at radius 1 is 1.21 bits per heavy atom. The molecule has 4 rings (SSSR count). The molecule has 0 saturated heterocycles. The van der Waals surface area contributed by atoms with E-state index in [1.807, 2.05) is 12.1 Å². The summed E-state index contributed by atoms with van der Waals surface area (Å²) >= 11 is 0. The normalized spacial score (nSPS) is 24.8. The predicted molar refractivity (Wildman–Crippen MR) is 69.3 cm³/mol. The Bertz CT molecular complexity index is 633. The molecule has 3 heterocycles. The van der Waals surface area contributed by atoms with Gasteiger partial charge in [0.25, 0.3) is 5.91 Å². The minimum absolute atomic E-state index is 0.0112. The van der Waals surface area contributed by atoms with Gasteiger partial charge in [-0.25, -0.2) is 0 Å². The van der Waals surface area contributed by atoms with Crippen molar-refractivity contribution in [3.63, 3.8) is 0 Å². The third-order valence-electron chi connectivity index (χ3n) is 4.35. The van der Waals surface area contributed by atoms with Gasteiger partial charge in [-0.2, -0.15) is 0 Å². The van der Waals surface area contributed by atoms with Gasteiger partial charge >= 0.3 is 0 Å². The molecule has 1 amide bonds. The Morgan fingerprint density at radius 2 is 2.05 bits per heavy atom. The van der Waals surface area contributed by atoms with Crippen LogP contribution < -0.4 is 5.32 Å². The number of rotatable bonds is 0. The minimum Gasteiger partial charge on any atom is -0.365 e. The molecule has 3 aliphatic heterocycles. The zero-order chi connectivity index (χ0) is 13.0. The molecule has 0 saturated carbocycles. The van der Waals surface area contributed by atoms with Crippen LogP contribution in [-0.2, 0) is 16.0 Å². The monoisotopic (exact) mass is 254 g/mol. The minimum atomic E-state index is -0.197.